The second-order valence-corrected chi connectivity index (χ2v) is 6.73. The van der Waals surface area contributed by atoms with Crippen LogP contribution >= 0.6 is 0 Å². The third-order valence-electron chi connectivity index (χ3n) is 4.48. The molecular weight excluding hydrogens is 443 g/mol. The van der Waals surface area contributed by atoms with E-state index in [0.717, 1.165) is 11.0 Å². The zero-order valence-electron chi connectivity index (χ0n) is 18.5. The molecule has 33 heavy (non-hydrogen) atoms. The Bertz CT molecular complexity index is 1000. The molecule has 11 heteroatoms. The largest absolute Gasteiger partial charge is 0.448 e. The highest BCUT2D eigenvalue weighted by Gasteiger charge is 2.28. The van der Waals surface area contributed by atoms with Gasteiger partial charge in [-0.3, -0.25) is 9.63 Å². The number of carbonyl (C=O) groups excluding carboxylic acids is 2. The summed E-state index contributed by atoms with van der Waals surface area (Å²) in [5.41, 5.74) is 1.15. The van der Waals surface area contributed by atoms with Crippen LogP contribution in [-0.4, -0.2) is 48.4 Å². The van der Waals surface area contributed by atoms with Gasteiger partial charge in [-0.15, -0.1) is 0 Å². The SMILES string of the molecule is CC.Cc1ccc(Nc2c(C(=O)NOCCO)cc(CN3CCOC3=O)c(F)c2F)c(F)c1. The van der Waals surface area contributed by atoms with Crippen molar-refractivity contribution in [1.29, 1.82) is 0 Å². The van der Waals surface area contributed by atoms with Crippen LogP contribution in [0.3, 0.4) is 0 Å². The molecule has 0 bridgehead atoms. The number of halogens is 3. The number of amides is 2. The van der Waals surface area contributed by atoms with Crippen molar-refractivity contribution >= 4 is 23.4 Å². The zero-order chi connectivity index (χ0) is 24.5. The van der Waals surface area contributed by atoms with E-state index in [2.05, 4.69) is 5.32 Å². The Kier molecular flexibility index (Phi) is 9.49. The lowest BCUT2D eigenvalue weighted by molar-refractivity contribution is 0.0168. The average molecular weight is 469 g/mol. The van der Waals surface area contributed by atoms with Crippen molar-refractivity contribution in [2.75, 3.05) is 31.7 Å². The number of cyclic esters (lactones) is 1. The molecule has 2 aromatic carbocycles. The Morgan fingerprint density at radius 1 is 1.21 bits per heavy atom. The van der Waals surface area contributed by atoms with Crippen LogP contribution in [0.15, 0.2) is 24.3 Å². The fraction of sp³-hybridized carbons (Fsp3) is 0.364. The number of benzene rings is 2. The molecule has 2 aromatic rings. The first kappa shape index (κ1) is 25.9. The van der Waals surface area contributed by atoms with Gasteiger partial charge in [0.1, 0.15) is 12.4 Å². The minimum Gasteiger partial charge on any atom is -0.448 e. The molecule has 8 nitrogen and oxygen atoms in total. The number of nitrogens with zero attached hydrogens (tertiary/aromatic N) is 1. The lowest BCUT2D eigenvalue weighted by Crippen LogP contribution is -2.28. The molecule has 0 aromatic heterocycles. The number of aliphatic hydroxyl groups excluding tert-OH is 1. The first-order valence-corrected chi connectivity index (χ1v) is 10.3. The van der Waals surface area contributed by atoms with Gasteiger partial charge in [0.2, 0.25) is 0 Å². The van der Waals surface area contributed by atoms with Gasteiger partial charge in [-0.25, -0.2) is 23.4 Å². The highest BCUT2D eigenvalue weighted by atomic mass is 19.2. The Balaban J connectivity index is 0.00000187. The Morgan fingerprint density at radius 3 is 2.55 bits per heavy atom. The van der Waals surface area contributed by atoms with E-state index in [0.29, 0.717) is 5.56 Å². The molecule has 180 valence electrons. The highest BCUT2D eigenvalue weighted by molar-refractivity contribution is 6.00. The van der Waals surface area contributed by atoms with Gasteiger partial charge in [-0.05, 0) is 30.7 Å². The standard InChI is InChI=1S/C20H20F3N3O5.C2H6/c1-11-2-3-15(14(21)8-11)24-18-13(19(28)25-31-7-5-27)9-12(16(22)17(18)23)10-26-4-6-30-20(26)29;1-2/h2-3,8-9,24,27H,4-7,10H2,1H3,(H,25,28);1-2H3. The molecule has 1 saturated heterocycles. The van der Waals surface area contributed by atoms with Crippen molar-refractivity contribution < 1.29 is 37.4 Å². The van der Waals surface area contributed by atoms with Gasteiger partial charge < -0.3 is 20.1 Å². The predicted octanol–water partition coefficient (Wildman–Crippen LogP) is 3.79. The maximum absolute atomic E-state index is 15.0. The highest BCUT2D eigenvalue weighted by Crippen LogP contribution is 2.31. The Morgan fingerprint density at radius 2 is 1.94 bits per heavy atom. The van der Waals surface area contributed by atoms with Crippen LogP contribution in [0, 0.1) is 24.4 Å². The lowest BCUT2D eigenvalue weighted by atomic mass is 10.0. The van der Waals surface area contributed by atoms with Crippen LogP contribution in [0.2, 0.25) is 0 Å². The zero-order valence-corrected chi connectivity index (χ0v) is 18.5. The third kappa shape index (κ3) is 6.36. The van der Waals surface area contributed by atoms with Crippen molar-refractivity contribution in [2.45, 2.75) is 27.3 Å². The fourth-order valence-electron chi connectivity index (χ4n) is 2.94. The summed E-state index contributed by atoms with van der Waals surface area (Å²) in [4.78, 5) is 30.1. The van der Waals surface area contributed by atoms with Crippen molar-refractivity contribution in [3.05, 3.63) is 58.4 Å². The number of hydrogen-bond acceptors (Lipinski definition) is 6. The van der Waals surface area contributed by atoms with E-state index in [1.165, 1.54) is 12.1 Å². The summed E-state index contributed by atoms with van der Waals surface area (Å²) in [6.45, 7) is 4.98. The first-order valence-electron chi connectivity index (χ1n) is 10.3. The molecule has 3 rings (SSSR count). The first-order chi connectivity index (χ1) is 15.8. The molecule has 2 amide bonds. The molecule has 0 radical (unpaired) electrons. The smallest absolute Gasteiger partial charge is 0.410 e. The molecule has 1 heterocycles. The van der Waals surface area contributed by atoms with Crippen LogP contribution in [0.5, 0.6) is 0 Å². The summed E-state index contributed by atoms with van der Waals surface area (Å²) in [5.74, 6) is -4.43. The van der Waals surface area contributed by atoms with Crippen molar-refractivity contribution in [3.63, 3.8) is 0 Å². The van der Waals surface area contributed by atoms with E-state index < -0.39 is 35.1 Å². The molecule has 0 unspecified atom stereocenters. The van der Waals surface area contributed by atoms with E-state index in [-0.39, 0.29) is 49.7 Å². The number of nitrogens with one attached hydrogen (secondary N) is 2. The van der Waals surface area contributed by atoms with Crippen LogP contribution < -0.4 is 10.8 Å². The number of hydroxylamine groups is 1. The maximum atomic E-state index is 15.0. The molecule has 1 fully saturated rings. The van der Waals surface area contributed by atoms with Gasteiger partial charge >= 0.3 is 6.09 Å². The number of hydrogen-bond donors (Lipinski definition) is 3. The van der Waals surface area contributed by atoms with Crippen LogP contribution in [-0.2, 0) is 16.1 Å². The average Bonchev–Trinajstić information content (AvgIpc) is 3.20. The second kappa shape index (κ2) is 12.1. The lowest BCUT2D eigenvalue weighted by Gasteiger charge is -2.19. The van der Waals surface area contributed by atoms with Crippen molar-refractivity contribution in [1.82, 2.24) is 10.4 Å². The summed E-state index contributed by atoms with van der Waals surface area (Å²) < 4.78 is 48.8. The molecule has 0 saturated carbocycles. The van der Waals surface area contributed by atoms with Gasteiger partial charge in [-0.1, -0.05) is 19.9 Å². The third-order valence-corrected chi connectivity index (χ3v) is 4.48. The van der Waals surface area contributed by atoms with Crippen LogP contribution in [0.25, 0.3) is 0 Å². The Hall–Kier alpha value is -3.31. The fourth-order valence-corrected chi connectivity index (χ4v) is 2.94. The van der Waals surface area contributed by atoms with Gasteiger partial charge in [0.15, 0.2) is 11.6 Å². The van der Waals surface area contributed by atoms with Gasteiger partial charge in [0, 0.05) is 5.56 Å². The van der Waals surface area contributed by atoms with E-state index in [9.17, 15) is 22.8 Å². The van der Waals surface area contributed by atoms with E-state index in [4.69, 9.17) is 14.7 Å². The minimum absolute atomic E-state index is 0.109. The van der Waals surface area contributed by atoms with Crippen molar-refractivity contribution in [2.24, 2.45) is 0 Å². The number of aryl methyl sites for hydroxylation is 1. The molecule has 0 atom stereocenters. The molecule has 3 N–H and O–H groups in total. The summed E-state index contributed by atoms with van der Waals surface area (Å²) in [6.07, 6.45) is -0.694. The number of rotatable bonds is 8. The summed E-state index contributed by atoms with van der Waals surface area (Å²) in [6, 6.07) is 5.10. The quantitative estimate of drug-likeness (QED) is 0.402. The van der Waals surface area contributed by atoms with Gasteiger partial charge in [-0.2, -0.15) is 0 Å². The second-order valence-electron chi connectivity index (χ2n) is 6.73. The van der Waals surface area contributed by atoms with E-state index in [1.54, 1.807) is 13.0 Å². The molecule has 1 aliphatic rings. The number of aliphatic hydroxyl groups is 1. The number of anilines is 2. The minimum atomic E-state index is -1.43. The molecule has 1 aliphatic heterocycles. The van der Waals surface area contributed by atoms with E-state index >= 15 is 0 Å². The van der Waals surface area contributed by atoms with Gasteiger partial charge in [0.25, 0.3) is 5.91 Å². The number of ether oxygens (including phenoxy) is 1. The Labute approximate surface area is 189 Å². The topological polar surface area (TPSA) is 100 Å². The van der Waals surface area contributed by atoms with Crippen molar-refractivity contribution in [3.8, 4) is 0 Å². The normalized spacial score (nSPS) is 12.7. The molecule has 0 spiro atoms. The summed E-state index contributed by atoms with van der Waals surface area (Å²) in [5, 5.41) is 11.2. The van der Waals surface area contributed by atoms with Crippen LogP contribution in [0.4, 0.5) is 29.3 Å². The van der Waals surface area contributed by atoms with Crippen LogP contribution in [0.1, 0.15) is 35.3 Å². The summed E-state index contributed by atoms with van der Waals surface area (Å²) in [7, 11) is 0. The summed E-state index contributed by atoms with van der Waals surface area (Å²) >= 11 is 0. The number of carbonyl (C=O) groups is 2. The molecular formula is C22H26F3N3O5. The molecule has 0 aliphatic carbocycles. The predicted molar refractivity (Wildman–Crippen MR) is 114 cm³/mol. The monoisotopic (exact) mass is 469 g/mol. The maximum Gasteiger partial charge on any atom is 0.410 e. The van der Waals surface area contributed by atoms with E-state index in [1.807, 2.05) is 19.3 Å². The van der Waals surface area contributed by atoms with Gasteiger partial charge in [0.05, 0.1) is 43.2 Å².